The number of aryl methyl sites for hydroxylation is 1. The molecule has 0 radical (unpaired) electrons. The zero-order chi connectivity index (χ0) is 15.8. The molecule has 2 aromatic rings. The van der Waals surface area contributed by atoms with Crippen molar-refractivity contribution in [1.29, 1.82) is 0 Å². The average Bonchev–Trinajstić information content (AvgIpc) is 3.04. The first-order valence-electron chi connectivity index (χ1n) is 7.64. The molecule has 0 amide bonds. The van der Waals surface area contributed by atoms with Gasteiger partial charge in [0.2, 0.25) is 0 Å². The molecule has 2 rings (SSSR count). The van der Waals surface area contributed by atoms with E-state index in [1.54, 1.807) is 6.33 Å². The molecule has 1 heterocycles. The molecule has 5 nitrogen and oxygen atoms in total. The van der Waals surface area contributed by atoms with E-state index in [1.807, 2.05) is 6.20 Å². The first-order chi connectivity index (χ1) is 10.7. The highest BCUT2D eigenvalue weighted by Crippen LogP contribution is 2.27. The van der Waals surface area contributed by atoms with Crippen molar-refractivity contribution in [1.82, 2.24) is 9.97 Å². The Hall–Kier alpha value is -1.69. The monoisotopic (exact) mass is 303 g/mol. The second-order valence-electron chi connectivity index (χ2n) is 5.32. The number of aromatic amines is 1. The maximum atomic E-state index is 5.80. The lowest BCUT2D eigenvalue weighted by atomic mass is 9.91. The number of imidazole rings is 1. The lowest BCUT2D eigenvalue weighted by Gasteiger charge is -2.19. The summed E-state index contributed by atoms with van der Waals surface area (Å²) in [6.45, 7) is 7.13. The summed E-state index contributed by atoms with van der Waals surface area (Å²) in [5, 5.41) is 0. The fourth-order valence-electron chi connectivity index (χ4n) is 2.46. The van der Waals surface area contributed by atoms with Crippen molar-refractivity contribution in [2.24, 2.45) is 5.73 Å². The van der Waals surface area contributed by atoms with Gasteiger partial charge in [0, 0.05) is 24.4 Å². The summed E-state index contributed by atoms with van der Waals surface area (Å²) in [4.78, 5) is 7.34. The summed E-state index contributed by atoms with van der Waals surface area (Å²) in [7, 11) is 0. The molecule has 3 N–H and O–H groups in total. The maximum absolute atomic E-state index is 5.80. The van der Waals surface area contributed by atoms with Gasteiger partial charge in [-0.3, -0.25) is 0 Å². The van der Waals surface area contributed by atoms with Gasteiger partial charge in [-0.05, 0) is 30.5 Å². The van der Waals surface area contributed by atoms with Gasteiger partial charge in [-0.2, -0.15) is 0 Å². The van der Waals surface area contributed by atoms with E-state index in [2.05, 4.69) is 42.0 Å². The Morgan fingerprint density at radius 3 is 2.73 bits per heavy atom. The topological polar surface area (TPSA) is 73.2 Å². The fourth-order valence-corrected chi connectivity index (χ4v) is 2.46. The lowest BCUT2D eigenvalue weighted by Crippen LogP contribution is -2.16. The highest BCUT2D eigenvalue weighted by atomic mass is 16.5. The molecule has 1 aromatic carbocycles. The molecule has 0 fully saturated rings. The van der Waals surface area contributed by atoms with Crippen molar-refractivity contribution >= 4 is 0 Å². The second-order valence-corrected chi connectivity index (χ2v) is 5.32. The van der Waals surface area contributed by atoms with Crippen LogP contribution in [0.4, 0.5) is 0 Å². The molecule has 22 heavy (non-hydrogen) atoms. The predicted octanol–water partition coefficient (Wildman–Crippen LogP) is 2.15. The molecule has 5 heteroatoms. The van der Waals surface area contributed by atoms with Gasteiger partial charge in [0.25, 0.3) is 0 Å². The van der Waals surface area contributed by atoms with Crippen LogP contribution in [0.15, 0.2) is 30.7 Å². The number of rotatable bonds is 9. The third-order valence-corrected chi connectivity index (χ3v) is 3.84. The molecule has 0 saturated heterocycles. The molecule has 120 valence electrons. The Kier molecular flexibility index (Phi) is 6.58. The van der Waals surface area contributed by atoms with Crippen LogP contribution in [0.5, 0.6) is 0 Å². The Balaban J connectivity index is 2.03. The van der Waals surface area contributed by atoms with Crippen molar-refractivity contribution < 1.29 is 9.47 Å². The molecule has 0 aliphatic carbocycles. The van der Waals surface area contributed by atoms with Gasteiger partial charge in [-0.1, -0.05) is 18.2 Å². The van der Waals surface area contributed by atoms with Crippen LogP contribution in [0, 0.1) is 13.8 Å². The van der Waals surface area contributed by atoms with E-state index in [1.165, 1.54) is 16.7 Å². The van der Waals surface area contributed by atoms with E-state index in [0.717, 1.165) is 5.69 Å². The number of hydrogen-bond acceptors (Lipinski definition) is 4. The molecule has 1 atom stereocenters. The normalized spacial score (nSPS) is 12.5. The zero-order valence-electron chi connectivity index (χ0n) is 13.3. The maximum Gasteiger partial charge on any atom is 0.0921 e. The molecule has 0 saturated carbocycles. The Morgan fingerprint density at radius 1 is 1.18 bits per heavy atom. The van der Waals surface area contributed by atoms with E-state index in [4.69, 9.17) is 15.2 Å². The number of aromatic nitrogens is 2. The van der Waals surface area contributed by atoms with Crippen LogP contribution in [0.2, 0.25) is 0 Å². The third-order valence-electron chi connectivity index (χ3n) is 3.84. The lowest BCUT2D eigenvalue weighted by molar-refractivity contribution is 0.0476. The first-order valence-corrected chi connectivity index (χ1v) is 7.64. The minimum Gasteiger partial charge on any atom is -0.378 e. The molecule has 0 aliphatic heterocycles. The van der Waals surface area contributed by atoms with Crippen LogP contribution in [0.1, 0.15) is 28.3 Å². The summed E-state index contributed by atoms with van der Waals surface area (Å²) >= 11 is 0. The summed E-state index contributed by atoms with van der Waals surface area (Å²) < 4.78 is 11.1. The van der Waals surface area contributed by atoms with Crippen LogP contribution in [0.3, 0.4) is 0 Å². The summed E-state index contributed by atoms with van der Waals surface area (Å²) in [6, 6.07) is 6.37. The van der Waals surface area contributed by atoms with E-state index in [-0.39, 0.29) is 5.92 Å². The molecule has 0 bridgehead atoms. The minimum atomic E-state index is 0.150. The highest BCUT2D eigenvalue weighted by molar-refractivity contribution is 5.39. The number of hydrogen-bond donors (Lipinski definition) is 2. The predicted molar refractivity (Wildman–Crippen MR) is 87.0 cm³/mol. The van der Waals surface area contributed by atoms with Crippen molar-refractivity contribution in [2.45, 2.75) is 19.8 Å². The number of nitrogens with zero attached hydrogens (tertiary/aromatic N) is 1. The fraction of sp³-hybridized carbons (Fsp3) is 0.471. The van der Waals surface area contributed by atoms with E-state index < -0.39 is 0 Å². The minimum absolute atomic E-state index is 0.150. The SMILES string of the molecule is Cc1cccc(C(COCCOCCN)c2cnc[nH]2)c1C. The number of nitrogens with one attached hydrogen (secondary N) is 1. The standard InChI is InChI=1S/C17H25N3O2/c1-13-4-3-5-15(14(13)2)16(17-10-19-12-20-17)11-22-9-8-21-7-6-18/h3-5,10,12,16H,6-9,11,18H2,1-2H3,(H,19,20). The Morgan fingerprint density at radius 2 is 2.00 bits per heavy atom. The number of H-pyrrole nitrogens is 1. The van der Waals surface area contributed by atoms with Crippen LogP contribution in [-0.2, 0) is 9.47 Å². The largest absolute Gasteiger partial charge is 0.378 e. The Labute approximate surface area is 131 Å². The van der Waals surface area contributed by atoms with Gasteiger partial charge in [0.1, 0.15) is 0 Å². The van der Waals surface area contributed by atoms with Gasteiger partial charge in [0.15, 0.2) is 0 Å². The number of benzene rings is 1. The van der Waals surface area contributed by atoms with E-state index in [0.29, 0.717) is 33.0 Å². The summed E-state index contributed by atoms with van der Waals surface area (Å²) in [5.41, 5.74) is 10.3. The molecular weight excluding hydrogens is 278 g/mol. The smallest absolute Gasteiger partial charge is 0.0921 e. The van der Waals surface area contributed by atoms with Gasteiger partial charge >= 0.3 is 0 Å². The number of ether oxygens (including phenoxy) is 2. The molecule has 0 aliphatic rings. The highest BCUT2D eigenvalue weighted by Gasteiger charge is 2.18. The van der Waals surface area contributed by atoms with Gasteiger partial charge in [-0.25, -0.2) is 4.98 Å². The van der Waals surface area contributed by atoms with Crippen LogP contribution in [-0.4, -0.2) is 42.9 Å². The zero-order valence-corrected chi connectivity index (χ0v) is 13.3. The van der Waals surface area contributed by atoms with Crippen molar-refractivity contribution in [2.75, 3.05) is 33.0 Å². The third kappa shape index (κ3) is 4.40. The van der Waals surface area contributed by atoms with Crippen molar-refractivity contribution in [3.8, 4) is 0 Å². The van der Waals surface area contributed by atoms with Gasteiger partial charge < -0.3 is 20.2 Å². The van der Waals surface area contributed by atoms with Crippen LogP contribution >= 0.6 is 0 Å². The van der Waals surface area contributed by atoms with Crippen LogP contribution < -0.4 is 5.73 Å². The van der Waals surface area contributed by atoms with Crippen LogP contribution in [0.25, 0.3) is 0 Å². The Bertz CT molecular complexity index is 555. The summed E-state index contributed by atoms with van der Waals surface area (Å²) in [5.74, 6) is 0.150. The first kappa shape index (κ1) is 16.7. The van der Waals surface area contributed by atoms with E-state index >= 15 is 0 Å². The molecule has 1 unspecified atom stereocenters. The second kappa shape index (κ2) is 8.68. The quantitative estimate of drug-likeness (QED) is 0.696. The molecule has 1 aromatic heterocycles. The van der Waals surface area contributed by atoms with Gasteiger partial charge in [0.05, 0.1) is 32.8 Å². The molecule has 0 spiro atoms. The van der Waals surface area contributed by atoms with E-state index in [9.17, 15) is 0 Å². The average molecular weight is 303 g/mol. The van der Waals surface area contributed by atoms with Crippen molar-refractivity contribution in [3.63, 3.8) is 0 Å². The van der Waals surface area contributed by atoms with Gasteiger partial charge in [-0.15, -0.1) is 0 Å². The molecular formula is C17H25N3O2. The van der Waals surface area contributed by atoms with Crippen molar-refractivity contribution in [3.05, 3.63) is 53.1 Å². The summed E-state index contributed by atoms with van der Waals surface area (Å²) in [6.07, 6.45) is 3.57. The number of nitrogens with two attached hydrogens (primary N) is 1.